The Morgan fingerprint density at radius 1 is 1.35 bits per heavy atom. The van der Waals surface area contributed by atoms with Crippen molar-refractivity contribution in [2.45, 2.75) is 0 Å². The van der Waals surface area contributed by atoms with E-state index in [9.17, 15) is 4.79 Å². The number of nitrogens with two attached hydrogens (primary N) is 2. The van der Waals surface area contributed by atoms with Gasteiger partial charge in [-0.25, -0.2) is 19.4 Å². The molecular weight excluding hydrogens is 224 g/mol. The molecule has 0 bridgehead atoms. The van der Waals surface area contributed by atoms with Crippen LogP contribution < -0.4 is 16.2 Å². The zero-order valence-corrected chi connectivity index (χ0v) is 8.99. The smallest absolute Gasteiger partial charge is 0.396 e. The monoisotopic (exact) mass is 234 g/mol. The van der Waals surface area contributed by atoms with Gasteiger partial charge in [-0.05, 0) is 0 Å². The van der Waals surface area contributed by atoms with Crippen LogP contribution in [0, 0.1) is 0 Å². The van der Waals surface area contributed by atoms with Crippen molar-refractivity contribution in [3.8, 4) is 17.3 Å². The molecule has 0 saturated heterocycles. The largest absolute Gasteiger partial charge is 0.411 e. The molecule has 0 fully saturated rings. The molecule has 0 radical (unpaired) electrons. The van der Waals surface area contributed by atoms with Crippen LogP contribution in [-0.4, -0.2) is 25.8 Å². The molecule has 0 aromatic carbocycles. The molecule has 88 valence electrons. The fourth-order valence-electron chi connectivity index (χ4n) is 1.27. The van der Waals surface area contributed by atoms with E-state index in [0.29, 0.717) is 17.1 Å². The molecule has 0 spiro atoms. The summed E-state index contributed by atoms with van der Waals surface area (Å²) >= 11 is 0. The van der Waals surface area contributed by atoms with Crippen LogP contribution in [0.15, 0.2) is 18.6 Å². The predicted octanol–water partition coefficient (Wildman–Crippen LogP) is -0.0832. The predicted molar refractivity (Wildman–Crippen MR) is 58.9 cm³/mol. The standard InChI is InChI=1S/C9H10N6O2/c1-15-8(17-9(11)16)6(4-14-15)7-12-2-5(10)3-13-7/h2-4H,10H2,1H3,(H2,11,16). The summed E-state index contributed by atoms with van der Waals surface area (Å²) in [6, 6.07) is 0. The molecule has 1 amide bonds. The number of aryl methyl sites for hydroxylation is 1. The SMILES string of the molecule is Cn1ncc(-c2ncc(N)cn2)c1OC(N)=O. The van der Waals surface area contributed by atoms with Crippen LogP contribution in [-0.2, 0) is 7.05 Å². The first kappa shape index (κ1) is 10.9. The molecule has 8 heteroatoms. The summed E-state index contributed by atoms with van der Waals surface area (Å²) in [6.45, 7) is 0. The minimum Gasteiger partial charge on any atom is -0.396 e. The number of carbonyl (C=O) groups is 1. The highest BCUT2D eigenvalue weighted by molar-refractivity contribution is 5.72. The molecule has 4 N–H and O–H groups in total. The van der Waals surface area contributed by atoms with E-state index in [-0.39, 0.29) is 5.88 Å². The molecule has 17 heavy (non-hydrogen) atoms. The Balaban J connectivity index is 2.45. The molecule has 0 saturated carbocycles. The van der Waals surface area contributed by atoms with Gasteiger partial charge in [0.1, 0.15) is 5.56 Å². The summed E-state index contributed by atoms with van der Waals surface area (Å²) < 4.78 is 6.19. The number of carbonyl (C=O) groups excluding carboxylic acids is 1. The van der Waals surface area contributed by atoms with E-state index in [1.807, 2.05) is 0 Å². The number of amides is 1. The zero-order chi connectivity index (χ0) is 12.4. The second kappa shape index (κ2) is 4.08. The maximum Gasteiger partial charge on any atom is 0.411 e. The Morgan fingerprint density at radius 2 is 2.00 bits per heavy atom. The molecule has 0 unspecified atom stereocenters. The number of nitrogens with zero attached hydrogens (tertiary/aromatic N) is 4. The summed E-state index contributed by atoms with van der Waals surface area (Å²) in [5.41, 5.74) is 11.3. The van der Waals surface area contributed by atoms with Gasteiger partial charge in [-0.3, -0.25) is 0 Å². The van der Waals surface area contributed by atoms with Crippen LogP contribution in [0.5, 0.6) is 5.88 Å². The Bertz CT molecular complexity index is 547. The lowest BCUT2D eigenvalue weighted by Crippen LogP contribution is -2.18. The Morgan fingerprint density at radius 3 is 2.59 bits per heavy atom. The molecule has 2 aromatic rings. The number of hydrogen-bond acceptors (Lipinski definition) is 6. The Labute approximate surface area is 96.2 Å². The van der Waals surface area contributed by atoms with Gasteiger partial charge in [-0.1, -0.05) is 0 Å². The van der Waals surface area contributed by atoms with Gasteiger partial charge in [0.2, 0.25) is 5.88 Å². The van der Waals surface area contributed by atoms with E-state index in [1.165, 1.54) is 23.3 Å². The topological polar surface area (TPSA) is 122 Å². The van der Waals surface area contributed by atoms with Gasteiger partial charge < -0.3 is 16.2 Å². The van der Waals surface area contributed by atoms with Gasteiger partial charge in [0.05, 0.1) is 24.3 Å². The molecule has 2 heterocycles. The summed E-state index contributed by atoms with van der Waals surface area (Å²) in [6.07, 6.45) is 3.45. The number of primary amides is 1. The second-order valence-electron chi connectivity index (χ2n) is 3.25. The fraction of sp³-hybridized carbons (Fsp3) is 0.111. The molecule has 0 atom stereocenters. The van der Waals surface area contributed by atoms with Crippen molar-refractivity contribution >= 4 is 11.8 Å². The average molecular weight is 234 g/mol. The second-order valence-corrected chi connectivity index (χ2v) is 3.25. The zero-order valence-electron chi connectivity index (χ0n) is 8.99. The van der Waals surface area contributed by atoms with Gasteiger partial charge >= 0.3 is 6.09 Å². The van der Waals surface area contributed by atoms with E-state index in [0.717, 1.165) is 0 Å². The van der Waals surface area contributed by atoms with E-state index in [1.54, 1.807) is 7.05 Å². The fourth-order valence-corrected chi connectivity index (χ4v) is 1.27. The molecule has 0 aliphatic carbocycles. The van der Waals surface area contributed by atoms with Crippen molar-refractivity contribution in [1.29, 1.82) is 0 Å². The van der Waals surface area contributed by atoms with E-state index < -0.39 is 6.09 Å². The first-order valence-corrected chi connectivity index (χ1v) is 4.65. The summed E-state index contributed by atoms with van der Waals surface area (Å²) in [5, 5.41) is 3.94. The highest BCUT2D eigenvalue weighted by Gasteiger charge is 2.16. The van der Waals surface area contributed by atoms with E-state index in [4.69, 9.17) is 16.2 Å². The van der Waals surface area contributed by atoms with Crippen LogP contribution in [0.1, 0.15) is 0 Å². The maximum absolute atomic E-state index is 10.8. The van der Waals surface area contributed by atoms with Crippen LogP contribution in [0.25, 0.3) is 11.4 Å². The average Bonchev–Trinajstić information content (AvgIpc) is 2.61. The minimum atomic E-state index is -0.926. The maximum atomic E-state index is 10.8. The van der Waals surface area contributed by atoms with Gasteiger partial charge in [0, 0.05) is 7.05 Å². The van der Waals surface area contributed by atoms with Crippen molar-refractivity contribution in [3.05, 3.63) is 18.6 Å². The molecule has 8 nitrogen and oxygen atoms in total. The third kappa shape index (κ3) is 2.14. The van der Waals surface area contributed by atoms with Crippen molar-refractivity contribution < 1.29 is 9.53 Å². The Hall–Kier alpha value is -2.64. The highest BCUT2D eigenvalue weighted by atomic mass is 16.6. The number of anilines is 1. The number of aromatic nitrogens is 4. The van der Waals surface area contributed by atoms with Crippen molar-refractivity contribution in [3.63, 3.8) is 0 Å². The first-order valence-electron chi connectivity index (χ1n) is 4.65. The molecule has 2 aromatic heterocycles. The molecule has 0 aliphatic rings. The van der Waals surface area contributed by atoms with Crippen LogP contribution in [0.4, 0.5) is 10.5 Å². The lowest BCUT2D eigenvalue weighted by Gasteiger charge is -2.03. The number of hydrogen-bond donors (Lipinski definition) is 2. The number of nitrogen functional groups attached to an aromatic ring is 1. The first-order chi connectivity index (χ1) is 8.08. The van der Waals surface area contributed by atoms with Crippen LogP contribution in [0.3, 0.4) is 0 Å². The number of ether oxygens (including phenoxy) is 1. The van der Waals surface area contributed by atoms with E-state index in [2.05, 4.69) is 15.1 Å². The van der Waals surface area contributed by atoms with Gasteiger partial charge in [-0.15, -0.1) is 0 Å². The lowest BCUT2D eigenvalue weighted by atomic mass is 10.3. The van der Waals surface area contributed by atoms with Crippen molar-refractivity contribution in [2.75, 3.05) is 5.73 Å². The summed E-state index contributed by atoms with van der Waals surface area (Å²) in [7, 11) is 1.61. The van der Waals surface area contributed by atoms with Crippen molar-refractivity contribution in [1.82, 2.24) is 19.7 Å². The molecular formula is C9H10N6O2. The van der Waals surface area contributed by atoms with E-state index >= 15 is 0 Å². The third-order valence-electron chi connectivity index (χ3n) is 1.99. The summed E-state index contributed by atoms with van der Waals surface area (Å²) in [4.78, 5) is 18.8. The third-order valence-corrected chi connectivity index (χ3v) is 1.99. The Kier molecular flexibility index (Phi) is 2.61. The van der Waals surface area contributed by atoms with Crippen LogP contribution >= 0.6 is 0 Å². The van der Waals surface area contributed by atoms with Gasteiger partial charge in [0.15, 0.2) is 5.82 Å². The summed E-state index contributed by atoms with van der Waals surface area (Å²) in [5.74, 6) is 0.533. The van der Waals surface area contributed by atoms with Crippen LogP contribution in [0.2, 0.25) is 0 Å². The van der Waals surface area contributed by atoms with Gasteiger partial charge in [0.25, 0.3) is 0 Å². The highest BCUT2D eigenvalue weighted by Crippen LogP contribution is 2.26. The molecule has 0 aliphatic heterocycles. The lowest BCUT2D eigenvalue weighted by molar-refractivity contribution is 0.207. The normalized spacial score (nSPS) is 10.2. The minimum absolute atomic E-state index is 0.183. The number of rotatable bonds is 2. The quantitative estimate of drug-likeness (QED) is 0.749. The molecule has 2 rings (SSSR count). The van der Waals surface area contributed by atoms with Gasteiger partial charge in [-0.2, -0.15) is 5.10 Å². The van der Waals surface area contributed by atoms with Crippen molar-refractivity contribution in [2.24, 2.45) is 12.8 Å².